The van der Waals surface area contributed by atoms with Gasteiger partial charge in [0, 0.05) is 11.4 Å². The summed E-state index contributed by atoms with van der Waals surface area (Å²) in [4.78, 5) is 0.110. The first-order valence-corrected chi connectivity index (χ1v) is 7.15. The largest absolute Gasteiger partial charge is 0.398 e. The van der Waals surface area contributed by atoms with E-state index in [1.807, 2.05) is 6.07 Å². The molecule has 0 unspecified atom stereocenters. The second kappa shape index (κ2) is 5.89. The molecule has 17 heavy (non-hydrogen) atoms. The predicted octanol–water partition coefficient (Wildman–Crippen LogP) is 2.39. The first-order chi connectivity index (χ1) is 7.97. The lowest BCUT2D eigenvalue weighted by Gasteiger charge is -2.07. The molecule has 0 spiro atoms. The van der Waals surface area contributed by atoms with Gasteiger partial charge in [0.1, 0.15) is 0 Å². The minimum atomic E-state index is -3.38. The van der Waals surface area contributed by atoms with Gasteiger partial charge in [-0.1, -0.05) is 11.6 Å². The zero-order chi connectivity index (χ0) is 12.9. The van der Waals surface area contributed by atoms with Crippen molar-refractivity contribution in [2.24, 2.45) is 0 Å². The molecule has 0 aliphatic carbocycles. The molecule has 0 saturated carbocycles. The van der Waals surface area contributed by atoms with Crippen LogP contribution in [-0.2, 0) is 9.84 Å². The fraction of sp³-hybridized carbons (Fsp3) is 0.364. The Morgan fingerprint density at radius 3 is 2.65 bits per heavy atom. The van der Waals surface area contributed by atoms with Gasteiger partial charge in [0.05, 0.1) is 22.4 Å². The number of benzene rings is 1. The van der Waals surface area contributed by atoms with Crippen LogP contribution in [0.1, 0.15) is 19.3 Å². The van der Waals surface area contributed by atoms with E-state index >= 15 is 0 Å². The van der Waals surface area contributed by atoms with Crippen molar-refractivity contribution in [3.05, 3.63) is 23.2 Å². The van der Waals surface area contributed by atoms with Gasteiger partial charge < -0.3 is 5.73 Å². The van der Waals surface area contributed by atoms with E-state index in [-0.39, 0.29) is 16.3 Å². The summed E-state index contributed by atoms with van der Waals surface area (Å²) >= 11 is 5.70. The van der Waals surface area contributed by atoms with Crippen LogP contribution in [0.5, 0.6) is 0 Å². The minimum Gasteiger partial charge on any atom is -0.398 e. The standard InChI is InChI=1S/C11H13ClN2O2S/c12-9-4-5-11(10(14)8-9)17(15,16)7-3-1-2-6-13/h4-5,8H,1-3,7,14H2. The van der Waals surface area contributed by atoms with Crippen LogP contribution >= 0.6 is 11.6 Å². The van der Waals surface area contributed by atoms with Crippen molar-refractivity contribution in [1.29, 1.82) is 5.26 Å². The third-order valence-electron chi connectivity index (χ3n) is 2.26. The Hall–Kier alpha value is -1.25. The average Bonchev–Trinajstić information content (AvgIpc) is 2.24. The Kier molecular flexibility index (Phi) is 4.79. The van der Waals surface area contributed by atoms with Crippen molar-refractivity contribution in [3.63, 3.8) is 0 Å². The first kappa shape index (κ1) is 13.8. The molecular formula is C11H13ClN2O2S. The van der Waals surface area contributed by atoms with Crippen LogP contribution in [0, 0.1) is 11.3 Å². The number of nitrogens with two attached hydrogens (primary N) is 1. The number of rotatable bonds is 5. The van der Waals surface area contributed by atoms with Gasteiger partial charge in [-0.3, -0.25) is 0 Å². The minimum absolute atomic E-state index is 0.000508. The Bertz CT molecular complexity index is 535. The maximum atomic E-state index is 11.9. The molecule has 0 bridgehead atoms. The Morgan fingerprint density at radius 2 is 2.06 bits per heavy atom. The summed E-state index contributed by atoms with van der Waals surface area (Å²) in [5.41, 5.74) is 5.79. The van der Waals surface area contributed by atoms with Crippen molar-refractivity contribution >= 4 is 27.1 Å². The number of nitrogen functional groups attached to an aromatic ring is 1. The van der Waals surface area contributed by atoms with Gasteiger partial charge >= 0.3 is 0 Å². The van der Waals surface area contributed by atoms with Crippen LogP contribution in [0.25, 0.3) is 0 Å². The van der Waals surface area contributed by atoms with Gasteiger partial charge in [-0.15, -0.1) is 0 Å². The van der Waals surface area contributed by atoms with E-state index in [0.29, 0.717) is 24.3 Å². The highest BCUT2D eigenvalue weighted by Crippen LogP contribution is 2.24. The van der Waals surface area contributed by atoms with Crippen molar-refractivity contribution in [1.82, 2.24) is 0 Å². The maximum Gasteiger partial charge on any atom is 0.180 e. The van der Waals surface area contributed by atoms with Crippen LogP contribution < -0.4 is 5.73 Å². The lowest BCUT2D eigenvalue weighted by Crippen LogP contribution is -2.09. The summed E-state index contributed by atoms with van der Waals surface area (Å²) in [6, 6.07) is 6.31. The molecule has 1 aromatic rings. The topological polar surface area (TPSA) is 84.0 Å². The fourth-order valence-electron chi connectivity index (χ4n) is 1.41. The molecule has 1 aromatic carbocycles. The van der Waals surface area contributed by atoms with Gasteiger partial charge in [0.15, 0.2) is 9.84 Å². The van der Waals surface area contributed by atoms with Crippen LogP contribution in [-0.4, -0.2) is 14.2 Å². The van der Waals surface area contributed by atoms with Gasteiger partial charge in [0.2, 0.25) is 0 Å². The summed E-state index contributed by atoms with van der Waals surface area (Å²) in [6.45, 7) is 0. The Morgan fingerprint density at radius 1 is 1.35 bits per heavy atom. The van der Waals surface area contributed by atoms with E-state index < -0.39 is 9.84 Å². The van der Waals surface area contributed by atoms with E-state index in [2.05, 4.69) is 0 Å². The van der Waals surface area contributed by atoms with Crippen LogP contribution in [0.3, 0.4) is 0 Å². The van der Waals surface area contributed by atoms with Gasteiger partial charge in [-0.25, -0.2) is 8.42 Å². The normalized spacial score (nSPS) is 11.1. The monoisotopic (exact) mass is 272 g/mol. The van der Waals surface area contributed by atoms with E-state index in [9.17, 15) is 8.42 Å². The molecule has 0 amide bonds. The van der Waals surface area contributed by atoms with Crippen molar-refractivity contribution in [2.75, 3.05) is 11.5 Å². The molecule has 0 aromatic heterocycles. The molecule has 6 heteroatoms. The van der Waals surface area contributed by atoms with E-state index in [1.165, 1.54) is 18.2 Å². The number of nitriles is 1. The quantitative estimate of drug-likeness (QED) is 0.659. The molecule has 0 heterocycles. The SMILES string of the molecule is N#CCCCCS(=O)(=O)c1ccc(Cl)cc1N. The predicted molar refractivity (Wildman–Crippen MR) is 67.4 cm³/mol. The molecule has 4 nitrogen and oxygen atoms in total. The Labute approximate surface area is 106 Å². The maximum absolute atomic E-state index is 11.9. The number of halogens is 1. The third-order valence-corrected chi connectivity index (χ3v) is 4.36. The van der Waals surface area contributed by atoms with E-state index in [4.69, 9.17) is 22.6 Å². The lowest BCUT2D eigenvalue weighted by molar-refractivity contribution is 0.592. The van der Waals surface area contributed by atoms with Gasteiger partial charge in [0.25, 0.3) is 0 Å². The molecule has 0 aliphatic rings. The van der Waals surface area contributed by atoms with Crippen LogP contribution in [0.2, 0.25) is 5.02 Å². The first-order valence-electron chi connectivity index (χ1n) is 5.12. The second-order valence-corrected chi connectivity index (χ2v) is 6.13. The summed E-state index contributed by atoms with van der Waals surface area (Å²) in [6.07, 6.45) is 1.40. The highest BCUT2D eigenvalue weighted by molar-refractivity contribution is 7.91. The number of anilines is 1. The number of nitrogens with zero attached hydrogens (tertiary/aromatic N) is 1. The number of unbranched alkanes of at least 4 members (excludes halogenated alkanes) is 2. The number of sulfone groups is 1. The van der Waals surface area contributed by atoms with Gasteiger partial charge in [-0.2, -0.15) is 5.26 Å². The van der Waals surface area contributed by atoms with Crippen molar-refractivity contribution < 1.29 is 8.42 Å². The van der Waals surface area contributed by atoms with E-state index in [0.717, 1.165) is 0 Å². The van der Waals surface area contributed by atoms with Crippen LogP contribution in [0.15, 0.2) is 23.1 Å². The molecule has 92 valence electrons. The number of hydrogen-bond donors (Lipinski definition) is 1. The molecule has 0 aliphatic heterocycles. The lowest BCUT2D eigenvalue weighted by atomic mass is 10.3. The van der Waals surface area contributed by atoms with Crippen molar-refractivity contribution in [3.8, 4) is 6.07 Å². The number of hydrogen-bond acceptors (Lipinski definition) is 4. The highest BCUT2D eigenvalue weighted by atomic mass is 35.5. The molecule has 1 rings (SSSR count). The highest BCUT2D eigenvalue weighted by Gasteiger charge is 2.17. The molecule has 2 N–H and O–H groups in total. The zero-order valence-corrected chi connectivity index (χ0v) is 10.8. The van der Waals surface area contributed by atoms with Gasteiger partial charge in [-0.05, 0) is 31.0 Å². The Balaban J connectivity index is 2.80. The molecule has 0 atom stereocenters. The second-order valence-electron chi connectivity index (χ2n) is 3.62. The zero-order valence-electron chi connectivity index (χ0n) is 9.19. The van der Waals surface area contributed by atoms with Crippen LogP contribution in [0.4, 0.5) is 5.69 Å². The molecule has 0 fully saturated rings. The average molecular weight is 273 g/mol. The molecular weight excluding hydrogens is 260 g/mol. The summed E-state index contributed by atoms with van der Waals surface area (Å²) in [5.74, 6) is 0.000508. The third kappa shape index (κ3) is 3.91. The fourth-order valence-corrected chi connectivity index (χ4v) is 3.09. The van der Waals surface area contributed by atoms with Crippen molar-refractivity contribution in [2.45, 2.75) is 24.2 Å². The molecule has 0 saturated heterocycles. The van der Waals surface area contributed by atoms with E-state index in [1.54, 1.807) is 0 Å². The molecule has 0 radical (unpaired) electrons. The summed E-state index contributed by atoms with van der Waals surface area (Å²) < 4.78 is 23.8. The summed E-state index contributed by atoms with van der Waals surface area (Å²) in [5, 5.41) is 8.76. The summed E-state index contributed by atoms with van der Waals surface area (Å²) in [7, 11) is -3.38. The smallest absolute Gasteiger partial charge is 0.180 e.